The van der Waals surface area contributed by atoms with Crippen molar-refractivity contribution < 1.29 is 4.79 Å². The summed E-state index contributed by atoms with van der Waals surface area (Å²) < 4.78 is 0. The van der Waals surface area contributed by atoms with Gasteiger partial charge in [0.25, 0.3) is 0 Å². The second-order valence-electron chi connectivity index (χ2n) is 4.37. The van der Waals surface area contributed by atoms with Crippen molar-refractivity contribution in [2.75, 3.05) is 5.32 Å². The zero-order valence-electron chi connectivity index (χ0n) is 10.8. The van der Waals surface area contributed by atoms with Crippen molar-refractivity contribution in [2.24, 2.45) is 11.7 Å². The molecule has 0 bridgehead atoms. The van der Waals surface area contributed by atoms with Crippen LogP contribution in [0.4, 0.5) is 5.95 Å². The molecule has 5 heteroatoms. The van der Waals surface area contributed by atoms with E-state index in [0.29, 0.717) is 5.95 Å². The molecule has 1 aromatic heterocycles. The summed E-state index contributed by atoms with van der Waals surface area (Å²) >= 11 is 0. The molecule has 1 amide bonds. The molecule has 1 unspecified atom stereocenters. The molecule has 0 radical (unpaired) electrons. The van der Waals surface area contributed by atoms with Crippen molar-refractivity contribution >= 4 is 11.9 Å². The number of nitrogens with zero attached hydrogens (tertiary/aromatic N) is 2. The van der Waals surface area contributed by atoms with Crippen molar-refractivity contribution in [3.63, 3.8) is 0 Å². The maximum atomic E-state index is 11.8. The fourth-order valence-electron chi connectivity index (χ4n) is 1.49. The largest absolute Gasteiger partial charge is 0.320 e. The van der Waals surface area contributed by atoms with Crippen LogP contribution in [-0.2, 0) is 4.79 Å². The highest BCUT2D eigenvalue weighted by molar-refractivity contribution is 5.93. The van der Waals surface area contributed by atoms with Gasteiger partial charge in [-0.3, -0.25) is 10.1 Å². The van der Waals surface area contributed by atoms with Gasteiger partial charge in [0.15, 0.2) is 0 Å². The SMILES string of the molecule is CCC(C)[C@H](N)C(=O)Nc1nc(C)cc(C)n1. The summed E-state index contributed by atoms with van der Waals surface area (Å²) in [5.74, 6) is 0.233. The summed E-state index contributed by atoms with van der Waals surface area (Å²) in [7, 11) is 0. The zero-order chi connectivity index (χ0) is 13.0. The zero-order valence-corrected chi connectivity index (χ0v) is 10.8. The molecule has 1 aromatic rings. The van der Waals surface area contributed by atoms with E-state index < -0.39 is 6.04 Å². The minimum Gasteiger partial charge on any atom is -0.320 e. The van der Waals surface area contributed by atoms with Crippen molar-refractivity contribution in [3.8, 4) is 0 Å². The lowest BCUT2D eigenvalue weighted by Crippen LogP contribution is -2.41. The first-order chi connectivity index (χ1) is 7.93. The van der Waals surface area contributed by atoms with Gasteiger partial charge in [-0.15, -0.1) is 0 Å². The standard InChI is InChI=1S/C12H20N4O/c1-5-7(2)10(13)11(17)16-12-14-8(3)6-9(4)15-12/h6-7,10H,5,13H2,1-4H3,(H,14,15,16,17)/t7?,10-/m0/s1. The number of nitrogens with one attached hydrogen (secondary N) is 1. The minimum absolute atomic E-state index is 0.140. The second-order valence-corrected chi connectivity index (χ2v) is 4.37. The Labute approximate surface area is 102 Å². The summed E-state index contributed by atoms with van der Waals surface area (Å²) in [6.07, 6.45) is 0.863. The van der Waals surface area contributed by atoms with Crippen LogP contribution in [0.25, 0.3) is 0 Å². The molecule has 0 aliphatic heterocycles. The number of hydrogen-bond donors (Lipinski definition) is 2. The Morgan fingerprint density at radius 3 is 2.41 bits per heavy atom. The molecule has 0 aliphatic rings. The average Bonchev–Trinajstić information content (AvgIpc) is 2.25. The lowest BCUT2D eigenvalue weighted by atomic mass is 10.00. The summed E-state index contributed by atoms with van der Waals surface area (Å²) in [6.45, 7) is 7.68. The smallest absolute Gasteiger partial charge is 0.243 e. The van der Waals surface area contributed by atoms with Crippen LogP contribution < -0.4 is 11.1 Å². The first kappa shape index (κ1) is 13.6. The van der Waals surface area contributed by atoms with Crippen molar-refractivity contribution in [3.05, 3.63) is 17.5 Å². The first-order valence-corrected chi connectivity index (χ1v) is 5.82. The Bertz CT molecular complexity index is 385. The van der Waals surface area contributed by atoms with Gasteiger partial charge in [-0.25, -0.2) is 9.97 Å². The van der Waals surface area contributed by atoms with Gasteiger partial charge in [0.05, 0.1) is 6.04 Å². The predicted molar refractivity (Wildman–Crippen MR) is 67.6 cm³/mol. The van der Waals surface area contributed by atoms with E-state index >= 15 is 0 Å². The molecule has 3 N–H and O–H groups in total. The molecule has 1 heterocycles. The van der Waals surface area contributed by atoms with Crippen LogP contribution in [0.15, 0.2) is 6.07 Å². The van der Waals surface area contributed by atoms with E-state index in [4.69, 9.17) is 5.73 Å². The highest BCUT2D eigenvalue weighted by Crippen LogP contribution is 2.08. The number of anilines is 1. The third kappa shape index (κ3) is 3.78. The Morgan fingerprint density at radius 1 is 1.41 bits per heavy atom. The molecule has 0 fully saturated rings. The summed E-state index contributed by atoms with van der Waals surface area (Å²) in [5, 5.41) is 2.65. The molecule has 0 saturated carbocycles. The van der Waals surface area contributed by atoms with Gasteiger partial charge in [-0.2, -0.15) is 0 Å². The number of hydrogen-bond acceptors (Lipinski definition) is 4. The number of carbonyl (C=O) groups excluding carboxylic acids is 1. The molecule has 5 nitrogen and oxygen atoms in total. The third-order valence-electron chi connectivity index (χ3n) is 2.78. The second kappa shape index (κ2) is 5.72. The molecule has 0 saturated heterocycles. The van der Waals surface area contributed by atoms with Crippen LogP contribution in [0.2, 0.25) is 0 Å². The van der Waals surface area contributed by atoms with E-state index in [9.17, 15) is 4.79 Å². The molecular formula is C12H20N4O. The summed E-state index contributed by atoms with van der Waals surface area (Å²) in [6, 6.07) is 1.33. The molecule has 94 valence electrons. The van der Waals surface area contributed by atoms with Crippen molar-refractivity contribution in [1.29, 1.82) is 0 Å². The number of carbonyl (C=O) groups is 1. The predicted octanol–water partition coefficient (Wildman–Crippen LogP) is 1.41. The van der Waals surface area contributed by atoms with Crippen LogP contribution in [0.5, 0.6) is 0 Å². The molecule has 0 spiro atoms. The lowest BCUT2D eigenvalue weighted by molar-refractivity contribution is -0.118. The molecule has 0 aromatic carbocycles. The fourth-order valence-corrected chi connectivity index (χ4v) is 1.49. The molecule has 2 atom stereocenters. The summed E-state index contributed by atoms with van der Waals surface area (Å²) in [5.41, 5.74) is 7.48. The van der Waals surface area contributed by atoms with Gasteiger partial charge in [0.1, 0.15) is 0 Å². The van der Waals surface area contributed by atoms with E-state index in [-0.39, 0.29) is 11.8 Å². The van der Waals surface area contributed by atoms with Crippen molar-refractivity contribution in [1.82, 2.24) is 9.97 Å². The molecule has 0 aliphatic carbocycles. The number of aromatic nitrogens is 2. The maximum absolute atomic E-state index is 11.8. The van der Waals surface area contributed by atoms with Crippen LogP contribution in [0.3, 0.4) is 0 Å². The number of nitrogens with two attached hydrogens (primary N) is 1. The maximum Gasteiger partial charge on any atom is 0.243 e. The van der Waals surface area contributed by atoms with Gasteiger partial charge < -0.3 is 5.73 Å². The number of amides is 1. The van der Waals surface area contributed by atoms with E-state index in [0.717, 1.165) is 17.8 Å². The Morgan fingerprint density at radius 2 is 1.94 bits per heavy atom. The van der Waals surface area contributed by atoms with Crippen molar-refractivity contribution in [2.45, 2.75) is 40.2 Å². The van der Waals surface area contributed by atoms with Crippen LogP contribution in [0, 0.1) is 19.8 Å². The Balaban J connectivity index is 2.74. The van der Waals surface area contributed by atoms with Gasteiger partial charge in [-0.05, 0) is 25.8 Å². The monoisotopic (exact) mass is 236 g/mol. The van der Waals surface area contributed by atoms with Gasteiger partial charge in [-0.1, -0.05) is 20.3 Å². The van der Waals surface area contributed by atoms with E-state index in [1.807, 2.05) is 33.8 Å². The fraction of sp³-hybridized carbons (Fsp3) is 0.583. The van der Waals surface area contributed by atoms with E-state index in [1.165, 1.54) is 0 Å². The van der Waals surface area contributed by atoms with Crippen LogP contribution >= 0.6 is 0 Å². The number of rotatable bonds is 4. The van der Waals surface area contributed by atoms with Gasteiger partial charge in [0.2, 0.25) is 11.9 Å². The average molecular weight is 236 g/mol. The Kier molecular flexibility index (Phi) is 4.57. The van der Waals surface area contributed by atoms with Crippen LogP contribution in [-0.4, -0.2) is 21.9 Å². The highest BCUT2D eigenvalue weighted by atomic mass is 16.2. The molecule has 17 heavy (non-hydrogen) atoms. The molecular weight excluding hydrogens is 216 g/mol. The normalized spacial score (nSPS) is 14.2. The van der Waals surface area contributed by atoms with Gasteiger partial charge >= 0.3 is 0 Å². The van der Waals surface area contributed by atoms with E-state index in [2.05, 4.69) is 15.3 Å². The third-order valence-corrected chi connectivity index (χ3v) is 2.78. The first-order valence-electron chi connectivity index (χ1n) is 5.82. The van der Waals surface area contributed by atoms with E-state index in [1.54, 1.807) is 0 Å². The quantitative estimate of drug-likeness (QED) is 0.828. The highest BCUT2D eigenvalue weighted by Gasteiger charge is 2.20. The topological polar surface area (TPSA) is 80.9 Å². The lowest BCUT2D eigenvalue weighted by Gasteiger charge is -2.17. The summed E-state index contributed by atoms with van der Waals surface area (Å²) in [4.78, 5) is 20.1. The van der Waals surface area contributed by atoms with Crippen LogP contribution in [0.1, 0.15) is 31.7 Å². The van der Waals surface area contributed by atoms with Gasteiger partial charge in [0, 0.05) is 11.4 Å². The Hall–Kier alpha value is -1.49. The molecule has 1 rings (SSSR count). The minimum atomic E-state index is -0.524. The number of aryl methyl sites for hydroxylation is 2.